The minimum atomic E-state index is -0.323. The first-order valence-electron chi connectivity index (χ1n) is 4.97. The topological polar surface area (TPSA) is 78.4 Å². The van der Waals surface area contributed by atoms with E-state index in [4.69, 9.17) is 0 Å². The van der Waals surface area contributed by atoms with Gasteiger partial charge in [0.05, 0.1) is 5.69 Å². The summed E-state index contributed by atoms with van der Waals surface area (Å²) in [6, 6.07) is 4.43. The van der Waals surface area contributed by atoms with E-state index in [2.05, 4.69) is 17.2 Å². The molecule has 0 radical (unpaired) electrons. The molecule has 5 heteroatoms. The predicted molar refractivity (Wildman–Crippen MR) is 65.9 cm³/mol. The molecule has 1 aromatic carbocycles. The van der Waals surface area contributed by atoms with Crippen LogP contribution >= 0.6 is 0 Å². The Kier molecular flexibility index (Phi) is 3.87. The number of carbonyl (C=O) groups excluding carboxylic acids is 2. The molecule has 0 aliphatic rings. The number of phenolic OH excluding ortho intramolecular Hbond substituents is 1. The molecule has 0 aliphatic heterocycles. The summed E-state index contributed by atoms with van der Waals surface area (Å²) in [4.78, 5) is 22.1. The SMILES string of the molecule is C=C(C)C(=O)Nc1ccc(NC(C)=O)c(O)c1. The third-order valence-electron chi connectivity index (χ3n) is 1.95. The van der Waals surface area contributed by atoms with Gasteiger partial charge in [-0.2, -0.15) is 0 Å². The number of carbonyl (C=O) groups is 2. The summed E-state index contributed by atoms with van der Waals surface area (Å²) in [5.74, 6) is -0.713. The molecule has 90 valence electrons. The van der Waals surface area contributed by atoms with E-state index in [-0.39, 0.29) is 17.6 Å². The van der Waals surface area contributed by atoms with Crippen LogP contribution in [0.2, 0.25) is 0 Å². The van der Waals surface area contributed by atoms with Crippen molar-refractivity contribution in [2.75, 3.05) is 10.6 Å². The molecular weight excluding hydrogens is 220 g/mol. The number of hydrogen-bond acceptors (Lipinski definition) is 3. The Morgan fingerprint density at radius 1 is 1.24 bits per heavy atom. The van der Waals surface area contributed by atoms with Gasteiger partial charge >= 0.3 is 0 Å². The zero-order valence-electron chi connectivity index (χ0n) is 9.70. The standard InChI is InChI=1S/C12H14N2O3/c1-7(2)12(17)14-9-4-5-10(11(16)6-9)13-8(3)15/h4-6,16H,1H2,2-3H3,(H,13,15)(H,14,17). The van der Waals surface area contributed by atoms with E-state index in [1.807, 2.05) is 0 Å². The van der Waals surface area contributed by atoms with Crippen LogP contribution in [0.25, 0.3) is 0 Å². The van der Waals surface area contributed by atoms with Crippen LogP contribution < -0.4 is 10.6 Å². The predicted octanol–water partition coefficient (Wildman–Crippen LogP) is 1.87. The zero-order chi connectivity index (χ0) is 13.0. The van der Waals surface area contributed by atoms with Crippen LogP contribution in [0.15, 0.2) is 30.4 Å². The number of hydrogen-bond donors (Lipinski definition) is 3. The van der Waals surface area contributed by atoms with Crippen LogP contribution in [0.1, 0.15) is 13.8 Å². The third-order valence-corrected chi connectivity index (χ3v) is 1.95. The fraction of sp³-hybridized carbons (Fsp3) is 0.167. The number of phenols is 1. The third kappa shape index (κ3) is 3.64. The summed E-state index contributed by atoms with van der Waals surface area (Å²) in [6.45, 7) is 6.43. The van der Waals surface area contributed by atoms with Crippen LogP contribution in [0.5, 0.6) is 5.75 Å². The molecule has 17 heavy (non-hydrogen) atoms. The minimum Gasteiger partial charge on any atom is -0.506 e. The van der Waals surface area contributed by atoms with Gasteiger partial charge in [-0.3, -0.25) is 9.59 Å². The van der Waals surface area contributed by atoms with Gasteiger partial charge in [0, 0.05) is 24.3 Å². The number of nitrogens with one attached hydrogen (secondary N) is 2. The fourth-order valence-electron chi connectivity index (χ4n) is 1.14. The largest absolute Gasteiger partial charge is 0.506 e. The second-order valence-corrected chi connectivity index (χ2v) is 3.65. The molecule has 0 atom stereocenters. The molecule has 0 unspecified atom stereocenters. The lowest BCUT2D eigenvalue weighted by Gasteiger charge is -2.08. The van der Waals surface area contributed by atoms with Crippen molar-refractivity contribution in [1.29, 1.82) is 0 Å². The molecule has 0 bridgehead atoms. The maximum atomic E-state index is 11.3. The van der Waals surface area contributed by atoms with E-state index < -0.39 is 0 Å². The van der Waals surface area contributed by atoms with Gasteiger partial charge in [0.1, 0.15) is 5.75 Å². The Morgan fingerprint density at radius 3 is 2.35 bits per heavy atom. The lowest BCUT2D eigenvalue weighted by atomic mass is 10.2. The Morgan fingerprint density at radius 2 is 1.88 bits per heavy atom. The second-order valence-electron chi connectivity index (χ2n) is 3.65. The van der Waals surface area contributed by atoms with E-state index in [9.17, 15) is 14.7 Å². The van der Waals surface area contributed by atoms with Crippen LogP contribution in [0.4, 0.5) is 11.4 Å². The average molecular weight is 234 g/mol. The average Bonchev–Trinajstić information content (AvgIpc) is 2.21. The number of amides is 2. The van der Waals surface area contributed by atoms with Crippen LogP contribution in [-0.2, 0) is 9.59 Å². The van der Waals surface area contributed by atoms with Crippen molar-refractivity contribution in [3.05, 3.63) is 30.4 Å². The van der Waals surface area contributed by atoms with Crippen LogP contribution in [-0.4, -0.2) is 16.9 Å². The Labute approximate surface area is 99.1 Å². The summed E-state index contributed by atoms with van der Waals surface area (Å²) >= 11 is 0. The first kappa shape index (κ1) is 12.8. The maximum absolute atomic E-state index is 11.3. The number of rotatable bonds is 3. The Balaban J connectivity index is 2.85. The van der Waals surface area contributed by atoms with E-state index in [1.165, 1.54) is 19.1 Å². The number of anilines is 2. The molecule has 0 saturated heterocycles. The lowest BCUT2D eigenvalue weighted by Crippen LogP contribution is -2.12. The highest BCUT2D eigenvalue weighted by Crippen LogP contribution is 2.26. The molecule has 0 saturated carbocycles. The molecule has 0 aliphatic carbocycles. The van der Waals surface area contributed by atoms with Gasteiger partial charge < -0.3 is 15.7 Å². The molecule has 0 heterocycles. The monoisotopic (exact) mass is 234 g/mol. The van der Waals surface area contributed by atoms with Gasteiger partial charge in [-0.05, 0) is 19.1 Å². The van der Waals surface area contributed by atoms with E-state index in [0.717, 1.165) is 0 Å². The Hall–Kier alpha value is -2.30. The van der Waals surface area contributed by atoms with Crippen molar-refractivity contribution < 1.29 is 14.7 Å². The lowest BCUT2D eigenvalue weighted by molar-refractivity contribution is -0.114. The van der Waals surface area contributed by atoms with Crippen molar-refractivity contribution in [3.8, 4) is 5.75 Å². The smallest absolute Gasteiger partial charge is 0.250 e. The van der Waals surface area contributed by atoms with E-state index in [0.29, 0.717) is 16.9 Å². The van der Waals surface area contributed by atoms with Crippen molar-refractivity contribution in [3.63, 3.8) is 0 Å². The van der Waals surface area contributed by atoms with Gasteiger partial charge in [-0.1, -0.05) is 6.58 Å². The molecule has 0 spiro atoms. The Bertz CT molecular complexity index is 481. The highest BCUT2D eigenvalue weighted by Gasteiger charge is 2.06. The molecule has 3 N–H and O–H groups in total. The number of benzene rings is 1. The van der Waals surface area contributed by atoms with Crippen molar-refractivity contribution >= 4 is 23.2 Å². The van der Waals surface area contributed by atoms with E-state index >= 15 is 0 Å². The van der Waals surface area contributed by atoms with Crippen molar-refractivity contribution in [2.24, 2.45) is 0 Å². The zero-order valence-corrected chi connectivity index (χ0v) is 9.70. The molecule has 2 amide bonds. The molecular formula is C12H14N2O3. The van der Waals surface area contributed by atoms with E-state index in [1.54, 1.807) is 13.0 Å². The fourth-order valence-corrected chi connectivity index (χ4v) is 1.14. The quantitative estimate of drug-likeness (QED) is 0.551. The van der Waals surface area contributed by atoms with Crippen LogP contribution in [0, 0.1) is 0 Å². The van der Waals surface area contributed by atoms with Gasteiger partial charge in [0.15, 0.2) is 0 Å². The maximum Gasteiger partial charge on any atom is 0.250 e. The van der Waals surface area contributed by atoms with Crippen molar-refractivity contribution in [2.45, 2.75) is 13.8 Å². The normalized spacial score (nSPS) is 9.53. The summed E-state index contributed by atoms with van der Waals surface area (Å²) in [7, 11) is 0. The first-order valence-corrected chi connectivity index (χ1v) is 4.97. The minimum absolute atomic E-state index is 0.111. The highest BCUT2D eigenvalue weighted by atomic mass is 16.3. The van der Waals surface area contributed by atoms with Crippen molar-refractivity contribution in [1.82, 2.24) is 0 Å². The first-order chi connectivity index (χ1) is 7.90. The summed E-state index contributed by atoms with van der Waals surface area (Å²) in [5, 5.41) is 14.6. The molecule has 0 fully saturated rings. The van der Waals surface area contributed by atoms with Gasteiger partial charge in [-0.25, -0.2) is 0 Å². The van der Waals surface area contributed by atoms with Crippen LogP contribution in [0.3, 0.4) is 0 Å². The highest BCUT2D eigenvalue weighted by molar-refractivity contribution is 6.03. The second kappa shape index (κ2) is 5.16. The summed E-state index contributed by atoms with van der Waals surface area (Å²) < 4.78 is 0. The molecule has 1 aromatic rings. The molecule has 0 aromatic heterocycles. The van der Waals surface area contributed by atoms with Gasteiger partial charge in [0.25, 0.3) is 5.91 Å². The summed E-state index contributed by atoms with van der Waals surface area (Å²) in [6.07, 6.45) is 0. The number of aromatic hydroxyl groups is 1. The van der Waals surface area contributed by atoms with Gasteiger partial charge in [-0.15, -0.1) is 0 Å². The summed E-state index contributed by atoms with van der Waals surface area (Å²) in [5.41, 5.74) is 1.10. The molecule has 1 rings (SSSR count). The molecule has 5 nitrogen and oxygen atoms in total. The van der Waals surface area contributed by atoms with Gasteiger partial charge in [0.2, 0.25) is 5.91 Å².